The van der Waals surface area contributed by atoms with Gasteiger partial charge in [-0.15, -0.1) is 11.6 Å². The van der Waals surface area contributed by atoms with Crippen molar-refractivity contribution in [1.29, 1.82) is 0 Å². The van der Waals surface area contributed by atoms with Gasteiger partial charge in [-0.2, -0.15) is 8.78 Å². The van der Waals surface area contributed by atoms with Crippen molar-refractivity contribution in [2.24, 2.45) is 29.6 Å². The van der Waals surface area contributed by atoms with E-state index in [9.17, 15) is 30.7 Å². The summed E-state index contributed by atoms with van der Waals surface area (Å²) in [5, 5.41) is 0.166. The third-order valence-corrected chi connectivity index (χ3v) is 9.49. The van der Waals surface area contributed by atoms with E-state index in [4.69, 9.17) is 11.6 Å². The summed E-state index contributed by atoms with van der Waals surface area (Å²) in [5.41, 5.74) is 0. The van der Waals surface area contributed by atoms with E-state index in [1.54, 1.807) is 0 Å². The molecule has 4 saturated carbocycles. The molecule has 7 unspecified atom stereocenters. The van der Waals surface area contributed by atoms with Gasteiger partial charge < -0.3 is 4.74 Å². The van der Waals surface area contributed by atoms with E-state index >= 15 is 4.39 Å². The maximum absolute atomic E-state index is 15.2. The van der Waals surface area contributed by atoms with Crippen LogP contribution in [0.5, 0.6) is 0 Å². The molecule has 4 fully saturated rings. The maximum Gasteiger partial charge on any atom is 0.364 e. The summed E-state index contributed by atoms with van der Waals surface area (Å²) in [5.74, 6) is -3.12. The van der Waals surface area contributed by atoms with Crippen molar-refractivity contribution in [1.82, 2.24) is 0 Å². The van der Waals surface area contributed by atoms with Crippen LogP contribution in [0.3, 0.4) is 0 Å². The lowest BCUT2D eigenvalue weighted by Crippen LogP contribution is -2.52. The lowest BCUT2D eigenvalue weighted by atomic mass is 9.64. The molecule has 1 nitrogen and oxygen atoms in total. The summed E-state index contributed by atoms with van der Waals surface area (Å²) >= 11 is 6.16. The first-order valence-electron chi connectivity index (χ1n) is 13.0. The molecule has 204 valence electrons. The molecule has 4 aliphatic carbocycles. The highest BCUT2D eigenvalue weighted by Gasteiger charge is 2.57. The Morgan fingerprint density at radius 1 is 0.571 bits per heavy atom. The lowest BCUT2D eigenvalue weighted by molar-refractivity contribution is -0.323. The van der Waals surface area contributed by atoms with E-state index in [0.717, 1.165) is 32.1 Å². The fourth-order valence-corrected chi connectivity index (χ4v) is 7.38. The molecule has 0 heterocycles. The van der Waals surface area contributed by atoms with E-state index in [-0.39, 0.29) is 11.3 Å². The first-order chi connectivity index (χ1) is 16.5. The van der Waals surface area contributed by atoms with E-state index in [2.05, 4.69) is 4.74 Å². The largest absolute Gasteiger partial charge is 0.364 e. The predicted octanol–water partition coefficient (Wildman–Crippen LogP) is 8.03. The zero-order valence-corrected chi connectivity index (χ0v) is 20.3. The first kappa shape index (κ1) is 27.7. The second-order valence-corrected chi connectivity index (χ2v) is 11.9. The Morgan fingerprint density at radius 3 is 1.63 bits per heavy atom. The van der Waals surface area contributed by atoms with Gasteiger partial charge in [0.05, 0.1) is 6.10 Å². The summed E-state index contributed by atoms with van der Waals surface area (Å²) in [6, 6.07) is 0. The molecule has 0 amide bonds. The predicted molar refractivity (Wildman–Crippen MR) is 117 cm³/mol. The molecule has 0 N–H and O–H groups in total. The van der Waals surface area contributed by atoms with Crippen molar-refractivity contribution >= 4 is 11.6 Å². The van der Waals surface area contributed by atoms with Crippen LogP contribution in [-0.2, 0) is 4.74 Å². The SMILES string of the molecule is FC1CC(OC(F)(F)C2C(F)CC(C3CCC(C4CCC(Cl)CC4)CC3F)CC2F)CC(F)C1F. The Hall–Kier alpha value is -0.310. The molecule has 0 bridgehead atoms. The van der Waals surface area contributed by atoms with Crippen LogP contribution in [-0.4, -0.2) is 54.6 Å². The van der Waals surface area contributed by atoms with Crippen molar-refractivity contribution in [2.45, 2.75) is 125 Å². The maximum atomic E-state index is 15.2. The number of halogens is 9. The summed E-state index contributed by atoms with van der Waals surface area (Å²) in [4.78, 5) is 0. The van der Waals surface area contributed by atoms with E-state index in [1.165, 1.54) is 0 Å². The van der Waals surface area contributed by atoms with Crippen molar-refractivity contribution in [3.8, 4) is 0 Å². The molecular weight excluding hydrogens is 504 g/mol. The van der Waals surface area contributed by atoms with E-state index in [0.29, 0.717) is 18.8 Å². The van der Waals surface area contributed by atoms with Gasteiger partial charge in [-0.25, -0.2) is 26.3 Å². The molecular formula is C25H35ClF8O. The summed E-state index contributed by atoms with van der Waals surface area (Å²) in [6.45, 7) is 0. The molecule has 0 saturated heterocycles. The number of hydrogen-bond acceptors (Lipinski definition) is 1. The van der Waals surface area contributed by atoms with Crippen LogP contribution in [0, 0.1) is 29.6 Å². The van der Waals surface area contributed by atoms with Gasteiger partial charge >= 0.3 is 6.11 Å². The van der Waals surface area contributed by atoms with Gasteiger partial charge in [-0.1, -0.05) is 0 Å². The smallest absolute Gasteiger partial charge is 0.317 e. The first-order valence-corrected chi connectivity index (χ1v) is 13.4. The minimum absolute atomic E-state index is 0.166. The molecule has 0 spiro atoms. The molecule has 0 radical (unpaired) electrons. The van der Waals surface area contributed by atoms with Gasteiger partial charge in [0.25, 0.3) is 0 Å². The fraction of sp³-hybridized carbons (Fsp3) is 1.00. The average Bonchev–Trinajstić information content (AvgIpc) is 2.76. The lowest BCUT2D eigenvalue weighted by Gasteiger charge is -2.45. The van der Waals surface area contributed by atoms with Crippen molar-refractivity contribution < 1.29 is 39.9 Å². The van der Waals surface area contributed by atoms with Crippen LogP contribution >= 0.6 is 11.6 Å². The number of rotatable bonds is 5. The highest BCUT2D eigenvalue weighted by molar-refractivity contribution is 6.20. The van der Waals surface area contributed by atoms with Gasteiger partial charge in [0, 0.05) is 18.2 Å². The molecule has 0 aromatic carbocycles. The summed E-state index contributed by atoms with van der Waals surface area (Å²) in [7, 11) is 0. The number of ether oxygens (including phenoxy) is 1. The molecule has 4 aliphatic rings. The Kier molecular flexibility index (Phi) is 8.87. The van der Waals surface area contributed by atoms with Crippen LogP contribution in [0.2, 0.25) is 0 Å². The monoisotopic (exact) mass is 538 g/mol. The van der Waals surface area contributed by atoms with Gasteiger partial charge in [0.1, 0.15) is 36.8 Å². The second-order valence-electron chi connectivity index (χ2n) is 11.3. The molecule has 4 rings (SSSR count). The normalized spacial score (nSPS) is 50.1. The molecule has 0 aliphatic heterocycles. The average molecular weight is 539 g/mol. The van der Waals surface area contributed by atoms with Gasteiger partial charge in [-0.3, -0.25) is 0 Å². The zero-order chi connectivity index (χ0) is 25.5. The van der Waals surface area contributed by atoms with Gasteiger partial charge in [-0.05, 0) is 81.5 Å². The highest BCUT2D eigenvalue weighted by Crippen LogP contribution is 2.50. The van der Waals surface area contributed by atoms with E-state index < -0.39 is 92.7 Å². The van der Waals surface area contributed by atoms with Crippen molar-refractivity contribution in [3.63, 3.8) is 0 Å². The molecule has 7 atom stereocenters. The van der Waals surface area contributed by atoms with Gasteiger partial charge in [0.15, 0.2) is 6.17 Å². The third kappa shape index (κ3) is 6.23. The number of hydrogen-bond donors (Lipinski definition) is 0. The minimum atomic E-state index is -4.31. The van der Waals surface area contributed by atoms with Crippen molar-refractivity contribution in [3.05, 3.63) is 0 Å². The van der Waals surface area contributed by atoms with Gasteiger partial charge in [0.2, 0.25) is 0 Å². The summed E-state index contributed by atoms with van der Waals surface area (Å²) in [6.07, 6.45) is -16.1. The van der Waals surface area contributed by atoms with Crippen LogP contribution < -0.4 is 0 Å². The molecule has 35 heavy (non-hydrogen) atoms. The van der Waals surface area contributed by atoms with Crippen LogP contribution in [0.15, 0.2) is 0 Å². The Morgan fingerprint density at radius 2 is 1.09 bits per heavy atom. The zero-order valence-electron chi connectivity index (χ0n) is 19.6. The van der Waals surface area contributed by atoms with Crippen LogP contribution in [0.4, 0.5) is 35.1 Å². The topological polar surface area (TPSA) is 9.23 Å². The van der Waals surface area contributed by atoms with Crippen molar-refractivity contribution in [2.75, 3.05) is 0 Å². The van der Waals surface area contributed by atoms with Crippen LogP contribution in [0.1, 0.15) is 70.6 Å². The summed E-state index contributed by atoms with van der Waals surface area (Å²) < 4.78 is 120. The van der Waals surface area contributed by atoms with Crippen LogP contribution in [0.25, 0.3) is 0 Å². The Labute approximate surface area is 206 Å². The molecule has 0 aromatic rings. The second kappa shape index (κ2) is 11.2. The third-order valence-electron chi connectivity index (χ3n) is 9.05. The van der Waals surface area contributed by atoms with E-state index in [1.807, 2.05) is 0 Å². The molecule has 0 aromatic heterocycles. The number of alkyl halides is 9. The fourth-order valence-electron chi connectivity index (χ4n) is 7.13. The quantitative estimate of drug-likeness (QED) is 0.254. The highest BCUT2D eigenvalue weighted by atomic mass is 35.5. The Bertz CT molecular complexity index is 668. The molecule has 10 heteroatoms. The Balaban J connectivity index is 1.32. The minimum Gasteiger partial charge on any atom is -0.317 e. The standard InChI is InChI=1S/C25H35ClF8O/c26-15-4-1-12(2-5-15)13-3-6-17(18(27)7-13)14-8-19(28)23(20(29)9-14)25(33,34)35-16-10-21(30)24(32)22(31)11-16/h12-24H,1-11H2.